The zero-order chi connectivity index (χ0) is 20.9. The molecular weight excluding hydrogens is 385 g/mol. The molecule has 1 heterocycles. The van der Waals surface area contributed by atoms with Crippen LogP contribution in [0.3, 0.4) is 0 Å². The van der Waals surface area contributed by atoms with E-state index in [1.807, 2.05) is 0 Å². The minimum Gasteiger partial charge on any atom is -0.330 e. The predicted molar refractivity (Wildman–Crippen MR) is 107 cm³/mol. The molecule has 0 aromatic heterocycles. The standard InChI is InChI=1S/C23H28FN3O3/c24-18-5-2-1-4-17(18)20(28)25-26-21(29)19-6-3-7-27(19)22(30)23-11-14-8-15(12-23)10-16(9-14)13-23/h1-2,4-5,14-16,19H,3,6-13H2,(H,25,28)(H,26,29). The number of nitrogens with one attached hydrogen (secondary N) is 2. The maximum absolute atomic E-state index is 13.8. The Bertz CT molecular complexity index is 851. The van der Waals surface area contributed by atoms with Gasteiger partial charge >= 0.3 is 0 Å². The maximum Gasteiger partial charge on any atom is 0.272 e. The highest BCUT2D eigenvalue weighted by atomic mass is 19.1. The Kier molecular flexibility index (Phi) is 4.79. The summed E-state index contributed by atoms with van der Waals surface area (Å²) in [6, 6.07) is 5.03. The van der Waals surface area contributed by atoms with Gasteiger partial charge in [0.2, 0.25) is 5.91 Å². The van der Waals surface area contributed by atoms with Crippen molar-refractivity contribution in [3.63, 3.8) is 0 Å². The third kappa shape index (κ3) is 3.28. The summed E-state index contributed by atoms with van der Waals surface area (Å²) >= 11 is 0. The van der Waals surface area contributed by atoms with Crippen LogP contribution in [-0.4, -0.2) is 35.2 Å². The van der Waals surface area contributed by atoms with Crippen LogP contribution >= 0.6 is 0 Å². The number of hydrazine groups is 1. The van der Waals surface area contributed by atoms with Gasteiger partial charge in [0.25, 0.3) is 11.8 Å². The summed E-state index contributed by atoms with van der Waals surface area (Å²) in [6.45, 7) is 0.583. The summed E-state index contributed by atoms with van der Waals surface area (Å²) in [6.07, 6.45) is 8.04. The molecule has 5 aliphatic rings. The van der Waals surface area contributed by atoms with Gasteiger partial charge in [-0.05, 0) is 81.3 Å². The summed E-state index contributed by atoms with van der Waals surface area (Å²) in [5.41, 5.74) is 4.29. The van der Waals surface area contributed by atoms with Crippen molar-refractivity contribution in [2.75, 3.05) is 6.54 Å². The third-order valence-corrected chi connectivity index (χ3v) is 7.73. The van der Waals surface area contributed by atoms with E-state index >= 15 is 0 Å². The smallest absolute Gasteiger partial charge is 0.272 e. The van der Waals surface area contributed by atoms with Gasteiger partial charge in [0.05, 0.1) is 11.0 Å². The lowest BCUT2D eigenvalue weighted by molar-refractivity contribution is -0.160. The molecule has 7 heteroatoms. The summed E-state index contributed by atoms with van der Waals surface area (Å²) in [5, 5.41) is 0. The van der Waals surface area contributed by atoms with E-state index in [2.05, 4.69) is 10.9 Å². The Labute approximate surface area is 175 Å². The second-order valence-electron chi connectivity index (χ2n) is 9.78. The summed E-state index contributed by atoms with van der Waals surface area (Å²) in [4.78, 5) is 40.4. The normalized spacial score (nSPS) is 34.1. The molecule has 1 aromatic carbocycles. The molecular formula is C23H28FN3O3. The lowest BCUT2D eigenvalue weighted by Crippen LogP contribution is -2.58. The van der Waals surface area contributed by atoms with Gasteiger partial charge in [-0.2, -0.15) is 0 Å². The van der Waals surface area contributed by atoms with E-state index in [0.29, 0.717) is 30.7 Å². The molecule has 3 amide bonds. The third-order valence-electron chi connectivity index (χ3n) is 7.73. The van der Waals surface area contributed by atoms with Gasteiger partial charge < -0.3 is 4.90 Å². The highest BCUT2D eigenvalue weighted by Crippen LogP contribution is 2.60. The predicted octanol–water partition coefficient (Wildman–Crippen LogP) is 2.79. The van der Waals surface area contributed by atoms with E-state index in [1.54, 1.807) is 11.0 Å². The first-order valence-electron chi connectivity index (χ1n) is 11.1. The number of hydrogen-bond acceptors (Lipinski definition) is 3. The summed E-state index contributed by atoms with van der Waals surface area (Å²) < 4.78 is 13.8. The fourth-order valence-corrected chi connectivity index (χ4v) is 6.87. The second-order valence-corrected chi connectivity index (χ2v) is 9.78. The molecule has 4 saturated carbocycles. The highest BCUT2D eigenvalue weighted by molar-refractivity contribution is 5.97. The summed E-state index contributed by atoms with van der Waals surface area (Å²) in [7, 11) is 0. The first-order chi connectivity index (χ1) is 14.4. The van der Waals surface area contributed by atoms with Gasteiger partial charge in [0.1, 0.15) is 11.9 Å². The molecule has 4 aliphatic carbocycles. The van der Waals surface area contributed by atoms with Crippen molar-refractivity contribution in [3.05, 3.63) is 35.6 Å². The van der Waals surface area contributed by atoms with Crippen molar-refractivity contribution in [3.8, 4) is 0 Å². The molecule has 4 bridgehead atoms. The lowest BCUT2D eigenvalue weighted by atomic mass is 9.49. The number of amides is 3. The molecule has 0 spiro atoms. The minimum atomic E-state index is -0.710. The number of carbonyl (C=O) groups excluding carboxylic acids is 3. The number of nitrogens with zero attached hydrogens (tertiary/aromatic N) is 1. The van der Waals surface area contributed by atoms with E-state index in [-0.39, 0.29) is 16.9 Å². The van der Waals surface area contributed by atoms with Crippen molar-refractivity contribution in [1.29, 1.82) is 0 Å². The first-order valence-corrected chi connectivity index (χ1v) is 11.1. The van der Waals surface area contributed by atoms with E-state index in [4.69, 9.17) is 0 Å². The van der Waals surface area contributed by atoms with Gasteiger partial charge in [0, 0.05) is 6.54 Å². The largest absolute Gasteiger partial charge is 0.330 e. The van der Waals surface area contributed by atoms with Crippen LogP contribution in [0.25, 0.3) is 0 Å². The minimum absolute atomic E-state index is 0.134. The SMILES string of the molecule is O=C(NNC(=O)C1CCCN1C(=O)C12CC3CC(CC(C3)C1)C2)c1ccccc1F. The quantitative estimate of drug-likeness (QED) is 0.748. The average molecular weight is 413 g/mol. The average Bonchev–Trinajstić information content (AvgIpc) is 3.20. The van der Waals surface area contributed by atoms with Crippen LogP contribution < -0.4 is 10.9 Å². The maximum atomic E-state index is 13.8. The van der Waals surface area contributed by atoms with Crippen LogP contribution in [0.15, 0.2) is 24.3 Å². The molecule has 6 nitrogen and oxygen atoms in total. The topological polar surface area (TPSA) is 78.5 Å². The van der Waals surface area contributed by atoms with Crippen molar-refractivity contribution in [2.24, 2.45) is 23.2 Å². The van der Waals surface area contributed by atoms with Crippen LogP contribution in [0.2, 0.25) is 0 Å². The Hall–Kier alpha value is -2.44. The Morgan fingerprint density at radius 3 is 2.23 bits per heavy atom. The van der Waals surface area contributed by atoms with Crippen molar-refractivity contribution in [2.45, 2.75) is 57.4 Å². The molecule has 1 unspecified atom stereocenters. The highest BCUT2D eigenvalue weighted by Gasteiger charge is 2.56. The molecule has 1 aromatic rings. The van der Waals surface area contributed by atoms with Crippen molar-refractivity contribution >= 4 is 17.7 Å². The van der Waals surface area contributed by atoms with Crippen LogP contribution in [0, 0.1) is 29.0 Å². The Balaban J connectivity index is 1.25. The van der Waals surface area contributed by atoms with E-state index in [0.717, 1.165) is 25.7 Å². The molecule has 1 saturated heterocycles. The fraction of sp³-hybridized carbons (Fsp3) is 0.609. The van der Waals surface area contributed by atoms with Gasteiger partial charge in [-0.3, -0.25) is 25.2 Å². The van der Waals surface area contributed by atoms with Crippen LogP contribution in [0.5, 0.6) is 0 Å². The van der Waals surface area contributed by atoms with Crippen LogP contribution in [0.4, 0.5) is 4.39 Å². The number of carbonyl (C=O) groups is 3. The zero-order valence-electron chi connectivity index (χ0n) is 17.0. The van der Waals surface area contributed by atoms with Crippen molar-refractivity contribution in [1.82, 2.24) is 15.8 Å². The molecule has 5 fully saturated rings. The number of halogens is 1. The summed E-state index contributed by atoms with van der Waals surface area (Å²) in [5.74, 6) is 0.359. The molecule has 1 atom stereocenters. The van der Waals surface area contributed by atoms with Crippen molar-refractivity contribution < 1.29 is 18.8 Å². The number of benzene rings is 1. The first kappa shape index (κ1) is 19.5. The molecule has 2 N–H and O–H groups in total. The molecule has 0 radical (unpaired) electrons. The second kappa shape index (κ2) is 7.36. The monoisotopic (exact) mass is 413 g/mol. The molecule has 1 aliphatic heterocycles. The van der Waals surface area contributed by atoms with E-state index in [9.17, 15) is 18.8 Å². The Morgan fingerprint density at radius 2 is 1.60 bits per heavy atom. The molecule has 30 heavy (non-hydrogen) atoms. The van der Waals surface area contributed by atoms with Gasteiger partial charge in [-0.15, -0.1) is 0 Å². The fourth-order valence-electron chi connectivity index (χ4n) is 6.87. The van der Waals surface area contributed by atoms with Crippen LogP contribution in [-0.2, 0) is 9.59 Å². The number of likely N-dealkylation sites (tertiary alicyclic amines) is 1. The number of hydrogen-bond donors (Lipinski definition) is 2. The van der Waals surface area contributed by atoms with E-state index < -0.39 is 23.7 Å². The zero-order valence-corrected chi connectivity index (χ0v) is 17.0. The van der Waals surface area contributed by atoms with Gasteiger partial charge in [0.15, 0.2) is 0 Å². The molecule has 6 rings (SSSR count). The Morgan fingerprint density at radius 1 is 0.967 bits per heavy atom. The molecule has 160 valence electrons. The number of rotatable bonds is 3. The lowest BCUT2D eigenvalue weighted by Gasteiger charge is -2.56. The van der Waals surface area contributed by atoms with Gasteiger partial charge in [-0.1, -0.05) is 12.1 Å². The van der Waals surface area contributed by atoms with E-state index in [1.165, 1.54) is 37.5 Å². The van der Waals surface area contributed by atoms with Gasteiger partial charge in [-0.25, -0.2) is 4.39 Å². The van der Waals surface area contributed by atoms with Crippen LogP contribution in [0.1, 0.15) is 61.7 Å².